The van der Waals surface area contributed by atoms with Gasteiger partial charge < -0.3 is 29.1 Å². The van der Waals surface area contributed by atoms with Crippen molar-refractivity contribution in [1.29, 1.82) is 1.43 Å². The van der Waals surface area contributed by atoms with Gasteiger partial charge in [-0.3, -0.25) is 4.57 Å². The fourth-order valence-electron chi connectivity index (χ4n) is 3.46. The highest BCUT2D eigenvalue weighted by Crippen LogP contribution is 2.46. The quantitative estimate of drug-likeness (QED) is 0.116. The van der Waals surface area contributed by atoms with E-state index in [0.717, 1.165) is 23.8 Å². The lowest BCUT2D eigenvalue weighted by atomic mass is 10.2. The second kappa shape index (κ2) is 14.7. The molecule has 1 fully saturated rings. The van der Waals surface area contributed by atoms with Crippen LogP contribution in [0.15, 0.2) is 24.1 Å². The van der Waals surface area contributed by atoms with Crippen molar-refractivity contribution >= 4 is 37.3 Å². The van der Waals surface area contributed by atoms with E-state index in [9.17, 15) is 0 Å². The van der Waals surface area contributed by atoms with Crippen LogP contribution in [0.25, 0.3) is 16.0 Å². The van der Waals surface area contributed by atoms with Gasteiger partial charge in [0.1, 0.15) is 25.3 Å². The van der Waals surface area contributed by atoms with Crippen molar-refractivity contribution in [2.24, 2.45) is 0 Å². The van der Waals surface area contributed by atoms with Gasteiger partial charge in [-0.05, 0) is 26.9 Å². The van der Waals surface area contributed by atoms with Gasteiger partial charge in [-0.25, -0.2) is 26.2 Å². The number of nitrogens with zero attached hydrogens (tertiary/aromatic N) is 6. The van der Waals surface area contributed by atoms with Crippen molar-refractivity contribution in [2.75, 3.05) is 52.0 Å². The Balaban J connectivity index is 0.00000235. The predicted molar refractivity (Wildman–Crippen MR) is 140 cm³/mol. The molecule has 11 nitrogen and oxygen atoms in total. The molecule has 1 aliphatic heterocycles. The average molecular weight is 529 g/mol. The molecule has 0 aliphatic carbocycles. The molecule has 13 heteroatoms. The number of allylic oxidation sites excluding steroid dienone is 1. The van der Waals surface area contributed by atoms with Crippen LogP contribution in [0, 0.1) is 6.57 Å². The van der Waals surface area contributed by atoms with E-state index in [-0.39, 0.29) is 25.9 Å². The number of ether oxygens (including phenoxy) is 1. The molecule has 0 bridgehead atoms. The summed E-state index contributed by atoms with van der Waals surface area (Å²) in [6.45, 7) is 11.4. The topological polar surface area (TPSA) is 111 Å². The van der Waals surface area contributed by atoms with Crippen molar-refractivity contribution in [3.8, 4) is 0 Å². The van der Waals surface area contributed by atoms with Crippen LogP contribution in [0.5, 0.6) is 0 Å². The van der Waals surface area contributed by atoms with Crippen LogP contribution < -0.4 is 5.32 Å². The number of aliphatic hydroxyl groups excluding tert-OH is 1. The Morgan fingerprint density at radius 1 is 1.60 bits per heavy atom. The normalized spacial score (nSPS) is 21.1. The van der Waals surface area contributed by atoms with E-state index < -0.39 is 20.9 Å². The minimum atomic E-state index is -1.40. The van der Waals surface area contributed by atoms with Crippen LogP contribution in [-0.2, 0) is 13.8 Å². The van der Waals surface area contributed by atoms with Crippen molar-refractivity contribution < 1.29 is 20.3 Å². The van der Waals surface area contributed by atoms with E-state index >= 15 is 0 Å². The SMILES string of the molecule is [2H]C.[3H]OCC1OC(n2c(SCCCC=C)nc3c(NC)ncnc32)CC1OP(OCC[N+]#[C-])N(C)C. The monoisotopic (exact) mass is 528 g/mol. The Bertz CT molecular complexity index is 1010. The summed E-state index contributed by atoms with van der Waals surface area (Å²) in [5.41, 5.74) is 1.33. The Labute approximate surface area is 216 Å². The molecule has 2 aromatic rings. The number of aromatic nitrogens is 4. The number of hydrogen-bond donors (Lipinski definition) is 2. The summed E-state index contributed by atoms with van der Waals surface area (Å²) < 4.78 is 35.3. The molecule has 3 heterocycles. The fourth-order valence-corrected chi connectivity index (χ4v) is 5.63. The average Bonchev–Trinajstić information content (AvgIpc) is 3.47. The number of fused-ring (bicyclic) bond motifs is 1. The highest BCUT2D eigenvalue weighted by molar-refractivity contribution is 7.99. The van der Waals surface area contributed by atoms with Crippen LogP contribution in [0.1, 0.15) is 34.3 Å². The molecule has 2 N–H and O–H groups in total. The first-order chi connectivity index (χ1) is 18.0. The van der Waals surface area contributed by atoms with Gasteiger partial charge in [-0.15, -0.1) is 6.58 Å². The van der Waals surface area contributed by atoms with Gasteiger partial charge >= 0.3 is 0 Å². The van der Waals surface area contributed by atoms with Crippen LogP contribution in [0.4, 0.5) is 5.82 Å². The fraction of sp³-hybridized carbons (Fsp3) is 0.636. The van der Waals surface area contributed by atoms with E-state index in [2.05, 4.69) is 26.7 Å². The molecule has 2 aromatic heterocycles. The first-order valence-electron chi connectivity index (χ1n) is 12.4. The first kappa shape index (κ1) is 26.2. The van der Waals surface area contributed by atoms with Gasteiger partial charge in [0.15, 0.2) is 22.1 Å². The number of thioether (sulfide) groups is 1. The molecule has 1 aliphatic rings. The second-order valence-corrected chi connectivity index (χ2v) is 10.5. The highest BCUT2D eigenvalue weighted by Gasteiger charge is 2.41. The molecule has 0 amide bonds. The summed E-state index contributed by atoms with van der Waals surface area (Å²) in [6.07, 6.45) is 4.53. The van der Waals surface area contributed by atoms with Crippen molar-refractivity contribution in [3.63, 3.8) is 0 Å². The largest absolute Gasteiger partial charge is 0.394 e. The third-order valence-corrected chi connectivity index (χ3v) is 7.60. The Morgan fingerprint density at radius 3 is 3.11 bits per heavy atom. The lowest BCUT2D eigenvalue weighted by Gasteiger charge is -2.26. The van der Waals surface area contributed by atoms with E-state index in [1.165, 1.54) is 13.7 Å². The molecule has 0 spiro atoms. The zero-order valence-electron chi connectivity index (χ0n) is 22.7. The molecule has 0 radical (unpaired) electrons. The summed E-state index contributed by atoms with van der Waals surface area (Å²) in [5, 5.41) is 8.55. The van der Waals surface area contributed by atoms with Gasteiger partial charge in [-0.1, -0.05) is 25.2 Å². The van der Waals surface area contributed by atoms with Crippen molar-refractivity contribution in [3.05, 3.63) is 30.4 Å². The molecular formula is C22H36N7O4PS. The lowest BCUT2D eigenvalue weighted by molar-refractivity contribution is -0.0430. The summed E-state index contributed by atoms with van der Waals surface area (Å²) in [7, 11) is 5.38. The third-order valence-electron chi connectivity index (χ3n) is 5.05. The predicted octanol–water partition coefficient (Wildman–Crippen LogP) is 3.95. The number of nitrogens with one attached hydrogen (secondary N) is 1. The smallest absolute Gasteiger partial charge is 0.258 e. The van der Waals surface area contributed by atoms with Crippen molar-refractivity contribution in [1.82, 2.24) is 24.2 Å². The minimum Gasteiger partial charge on any atom is -0.394 e. The molecule has 4 atom stereocenters. The van der Waals surface area contributed by atoms with Gasteiger partial charge in [0.05, 0.1) is 12.7 Å². The summed E-state index contributed by atoms with van der Waals surface area (Å²) in [6, 6.07) is 0. The highest BCUT2D eigenvalue weighted by atomic mass is 32.2. The van der Waals surface area contributed by atoms with E-state index in [0.29, 0.717) is 23.4 Å². The molecule has 35 heavy (non-hydrogen) atoms. The minimum absolute atomic E-state index is 0.0466. The van der Waals surface area contributed by atoms with E-state index in [4.69, 9.17) is 33.3 Å². The Hall–Kier alpha value is -1.84. The Kier molecular flexibility index (Phi) is 11.0. The zero-order valence-corrected chi connectivity index (χ0v) is 22.4. The number of rotatable bonds is 15. The molecule has 4 unspecified atom stereocenters. The van der Waals surface area contributed by atoms with Crippen molar-refractivity contribution in [2.45, 2.75) is 50.3 Å². The first-order valence-corrected chi connectivity index (χ1v) is 13.1. The maximum absolute atomic E-state index is 7.29. The van der Waals surface area contributed by atoms with Crippen LogP contribution in [0.2, 0.25) is 0 Å². The summed E-state index contributed by atoms with van der Waals surface area (Å²) in [4.78, 5) is 17.0. The maximum atomic E-state index is 7.29. The molecule has 3 rings (SSSR count). The third kappa shape index (κ3) is 7.33. The molecule has 194 valence electrons. The van der Waals surface area contributed by atoms with Gasteiger partial charge in [0, 0.05) is 20.6 Å². The number of unbranched alkanes of at least 4 members (excludes halogenated alkanes) is 1. The van der Waals surface area contributed by atoms with Crippen LogP contribution in [0.3, 0.4) is 0 Å². The number of aliphatic hydroxyl groups is 1. The molecule has 0 saturated carbocycles. The zero-order chi connectivity index (χ0) is 27.2. The number of hydrogen-bond acceptors (Lipinski definition) is 10. The molecular weight excluding hydrogens is 489 g/mol. The summed E-state index contributed by atoms with van der Waals surface area (Å²) >= 11 is 1.63. The molecule has 0 aromatic carbocycles. The molecule has 1 saturated heterocycles. The lowest BCUT2D eigenvalue weighted by Crippen LogP contribution is -2.28. The Morgan fingerprint density at radius 2 is 2.43 bits per heavy atom. The van der Waals surface area contributed by atoms with Gasteiger partial charge in [-0.2, -0.15) is 0 Å². The maximum Gasteiger partial charge on any atom is 0.258 e. The van der Waals surface area contributed by atoms with E-state index in [1.54, 1.807) is 18.8 Å². The van der Waals surface area contributed by atoms with Crippen LogP contribution in [-0.4, -0.2) is 89.6 Å². The van der Waals surface area contributed by atoms with Crippen LogP contribution >= 0.6 is 20.3 Å². The standard InChI is InChI=1S/C21H32N7O4PS.CH4/c1-6-7-8-11-34-21-26-18-19(23-3)24-14-25-20(18)28(21)17-12-15(16(13-29)31-17)32-33(27(4)5)30-10-9-22-2;/h6,14-17,29H,1,7-13H2,3-5H3,(H,23,24,25);1H4/i29T;1D. The number of anilines is 1. The van der Waals surface area contributed by atoms with Gasteiger partial charge in [0.25, 0.3) is 8.53 Å². The van der Waals surface area contributed by atoms with E-state index in [1.807, 2.05) is 29.4 Å². The summed E-state index contributed by atoms with van der Waals surface area (Å²) in [5.74, 6) is 1.51. The second-order valence-electron chi connectivity index (χ2n) is 7.66. The number of imidazole rings is 1. The van der Waals surface area contributed by atoms with Gasteiger partial charge in [0.2, 0.25) is 7.98 Å².